The van der Waals surface area contributed by atoms with Crippen LogP contribution >= 0.6 is 0 Å². The highest BCUT2D eigenvalue weighted by atomic mass is 16.5. The SMILES string of the molecule is CCC(C)C(C(CC(=O)O)OC)N(C)C(=O)C(NC(=O)C(C(C)C)N(C)C(=O)CCCCCN1C(=O)C=CC1=O)C(C)C. The molecule has 1 aliphatic heterocycles. The molecule has 0 saturated carbocycles. The molecule has 1 heterocycles. The maximum absolute atomic E-state index is 13.8. The summed E-state index contributed by atoms with van der Waals surface area (Å²) in [5.74, 6) is -3.30. The monoisotopic (exact) mass is 608 g/mol. The quantitative estimate of drug-likeness (QED) is 0.168. The third-order valence-corrected chi connectivity index (χ3v) is 8.20. The van der Waals surface area contributed by atoms with Crippen LogP contribution in [0.2, 0.25) is 0 Å². The molecular formula is C31H52N4O8. The van der Waals surface area contributed by atoms with Gasteiger partial charge in [-0.25, -0.2) is 0 Å². The van der Waals surface area contributed by atoms with Crippen molar-refractivity contribution in [2.24, 2.45) is 17.8 Å². The van der Waals surface area contributed by atoms with Gasteiger partial charge >= 0.3 is 5.97 Å². The fourth-order valence-corrected chi connectivity index (χ4v) is 5.50. The van der Waals surface area contributed by atoms with Crippen molar-refractivity contribution in [3.8, 4) is 0 Å². The van der Waals surface area contributed by atoms with E-state index in [-0.39, 0.29) is 54.2 Å². The Morgan fingerprint density at radius 2 is 1.51 bits per heavy atom. The first-order chi connectivity index (χ1) is 20.1. The van der Waals surface area contributed by atoms with E-state index >= 15 is 0 Å². The van der Waals surface area contributed by atoms with Crippen LogP contribution in [-0.2, 0) is 33.5 Å². The molecule has 5 unspecified atom stereocenters. The second-order valence-electron chi connectivity index (χ2n) is 12.1. The van der Waals surface area contributed by atoms with Gasteiger partial charge in [0.15, 0.2) is 0 Å². The average molecular weight is 609 g/mol. The van der Waals surface area contributed by atoms with Crippen LogP contribution in [0.1, 0.15) is 80.1 Å². The summed E-state index contributed by atoms with van der Waals surface area (Å²) in [5, 5.41) is 12.3. The molecule has 1 aliphatic rings. The van der Waals surface area contributed by atoms with Crippen molar-refractivity contribution in [1.82, 2.24) is 20.0 Å². The second kappa shape index (κ2) is 17.7. The molecule has 12 nitrogen and oxygen atoms in total. The van der Waals surface area contributed by atoms with Crippen molar-refractivity contribution >= 4 is 35.5 Å². The maximum Gasteiger partial charge on any atom is 0.306 e. The lowest BCUT2D eigenvalue weighted by molar-refractivity contribution is -0.149. The Kier molecular flexibility index (Phi) is 15.6. The van der Waals surface area contributed by atoms with Gasteiger partial charge in [0.25, 0.3) is 11.8 Å². The zero-order valence-electron chi connectivity index (χ0n) is 27.3. The van der Waals surface area contributed by atoms with E-state index in [1.807, 2.05) is 41.5 Å². The number of nitrogens with zero attached hydrogens (tertiary/aromatic N) is 3. The van der Waals surface area contributed by atoms with Gasteiger partial charge in [-0.05, 0) is 30.6 Å². The van der Waals surface area contributed by atoms with Gasteiger partial charge in [0.2, 0.25) is 17.7 Å². The number of likely N-dealkylation sites (N-methyl/N-ethyl adjacent to an activating group) is 2. The Morgan fingerprint density at radius 3 is 1.98 bits per heavy atom. The number of hydrogen-bond acceptors (Lipinski definition) is 7. The molecule has 5 amide bonds. The second-order valence-corrected chi connectivity index (χ2v) is 12.1. The molecule has 0 spiro atoms. The van der Waals surface area contributed by atoms with Crippen molar-refractivity contribution < 1.29 is 38.6 Å². The number of nitrogens with one attached hydrogen (secondary N) is 1. The summed E-state index contributed by atoms with van der Waals surface area (Å²) < 4.78 is 5.51. The third kappa shape index (κ3) is 10.7. The number of carboxylic acid groups (broad SMARTS) is 1. The normalized spacial score (nSPS) is 16.7. The summed E-state index contributed by atoms with van der Waals surface area (Å²) in [6.07, 6.45) is 4.11. The predicted octanol–water partition coefficient (Wildman–Crippen LogP) is 2.46. The maximum atomic E-state index is 13.8. The zero-order valence-corrected chi connectivity index (χ0v) is 27.3. The molecule has 0 saturated heterocycles. The first-order valence-corrected chi connectivity index (χ1v) is 15.2. The standard InChI is InChI=1S/C31H52N4O8/c1-10-21(6)29(22(43-9)18-26(39)40)34(8)31(42)27(19(2)3)32-30(41)28(20(4)5)33(7)23(36)14-12-11-13-17-35-24(37)15-16-25(35)38/h15-16,19-22,27-29H,10-14,17-18H2,1-9H3,(H,32,41)(H,39,40). The lowest BCUT2D eigenvalue weighted by atomic mass is 9.90. The average Bonchev–Trinajstić information content (AvgIpc) is 3.26. The number of carbonyl (C=O) groups excluding carboxylic acids is 5. The molecule has 0 fully saturated rings. The van der Waals surface area contributed by atoms with Crippen molar-refractivity contribution in [2.45, 2.75) is 104 Å². The van der Waals surface area contributed by atoms with Crippen LogP contribution in [0.4, 0.5) is 0 Å². The fourth-order valence-electron chi connectivity index (χ4n) is 5.50. The van der Waals surface area contributed by atoms with Gasteiger partial charge in [-0.15, -0.1) is 0 Å². The molecule has 244 valence electrons. The number of carbonyl (C=O) groups is 6. The lowest BCUT2D eigenvalue weighted by Gasteiger charge is -2.40. The number of unbranched alkanes of at least 4 members (excludes halogenated alkanes) is 2. The van der Waals surface area contributed by atoms with Crippen molar-refractivity contribution in [3.05, 3.63) is 12.2 Å². The summed E-state index contributed by atoms with van der Waals surface area (Å²) >= 11 is 0. The van der Waals surface area contributed by atoms with Crippen LogP contribution in [-0.4, -0.2) is 107 Å². The highest BCUT2D eigenvalue weighted by molar-refractivity contribution is 6.12. The fraction of sp³-hybridized carbons (Fsp3) is 0.742. The van der Waals surface area contributed by atoms with Crippen LogP contribution in [0.15, 0.2) is 12.2 Å². The molecule has 0 bridgehead atoms. The number of methoxy groups -OCH3 is 1. The van der Waals surface area contributed by atoms with E-state index in [0.29, 0.717) is 32.2 Å². The summed E-state index contributed by atoms with van der Waals surface area (Å²) in [5.41, 5.74) is 0. The molecule has 5 atom stereocenters. The molecule has 12 heteroatoms. The Morgan fingerprint density at radius 1 is 0.930 bits per heavy atom. The molecule has 0 radical (unpaired) electrons. The topological polar surface area (TPSA) is 154 Å². The van der Waals surface area contributed by atoms with Gasteiger partial charge in [-0.2, -0.15) is 0 Å². The van der Waals surface area contributed by atoms with Crippen molar-refractivity contribution in [1.29, 1.82) is 0 Å². The van der Waals surface area contributed by atoms with Crippen LogP contribution in [0, 0.1) is 17.8 Å². The summed E-state index contributed by atoms with van der Waals surface area (Å²) in [6, 6.07) is -2.25. The van der Waals surface area contributed by atoms with Crippen LogP contribution < -0.4 is 5.32 Å². The van der Waals surface area contributed by atoms with Gasteiger partial charge in [0, 0.05) is 46.3 Å². The summed E-state index contributed by atoms with van der Waals surface area (Å²) in [7, 11) is 4.61. The molecule has 0 aliphatic carbocycles. The van der Waals surface area contributed by atoms with Gasteiger partial charge < -0.3 is 25.0 Å². The third-order valence-electron chi connectivity index (χ3n) is 8.20. The van der Waals surface area contributed by atoms with E-state index < -0.39 is 36.1 Å². The minimum Gasteiger partial charge on any atom is -0.481 e. The van der Waals surface area contributed by atoms with E-state index in [0.717, 1.165) is 0 Å². The van der Waals surface area contributed by atoms with E-state index in [2.05, 4.69) is 5.32 Å². The molecule has 43 heavy (non-hydrogen) atoms. The van der Waals surface area contributed by atoms with Gasteiger partial charge in [-0.3, -0.25) is 33.7 Å². The number of hydrogen-bond donors (Lipinski definition) is 2. The molecular weight excluding hydrogens is 556 g/mol. The van der Waals surface area contributed by atoms with Crippen molar-refractivity contribution in [2.75, 3.05) is 27.7 Å². The Labute approximate surface area is 256 Å². The number of imide groups is 1. The van der Waals surface area contributed by atoms with Gasteiger partial charge in [0.1, 0.15) is 12.1 Å². The van der Waals surface area contributed by atoms with Gasteiger partial charge in [0.05, 0.1) is 18.6 Å². The lowest BCUT2D eigenvalue weighted by Crippen LogP contribution is -2.60. The minimum absolute atomic E-state index is 0.0677. The van der Waals surface area contributed by atoms with Crippen LogP contribution in [0.3, 0.4) is 0 Å². The molecule has 2 N–H and O–H groups in total. The molecule has 0 aromatic rings. The van der Waals surface area contributed by atoms with Gasteiger partial charge in [-0.1, -0.05) is 54.4 Å². The minimum atomic E-state index is -1.03. The largest absolute Gasteiger partial charge is 0.481 e. The molecule has 0 aromatic carbocycles. The zero-order chi connectivity index (χ0) is 33.0. The van der Waals surface area contributed by atoms with Crippen LogP contribution in [0.5, 0.6) is 0 Å². The molecule has 0 aromatic heterocycles. The smallest absolute Gasteiger partial charge is 0.306 e. The summed E-state index contributed by atoms with van der Waals surface area (Å²) in [6.45, 7) is 11.5. The number of ether oxygens (including phenoxy) is 1. The first-order valence-electron chi connectivity index (χ1n) is 15.2. The number of aliphatic carboxylic acids is 1. The van der Waals surface area contributed by atoms with E-state index in [4.69, 9.17) is 4.74 Å². The number of amides is 5. The predicted molar refractivity (Wildman–Crippen MR) is 162 cm³/mol. The highest BCUT2D eigenvalue weighted by Gasteiger charge is 2.39. The number of rotatable bonds is 19. The Bertz CT molecular complexity index is 1010. The Balaban J connectivity index is 2.93. The van der Waals surface area contributed by atoms with E-state index in [1.165, 1.54) is 34.0 Å². The number of carboxylic acids is 1. The first kappa shape index (κ1) is 37.7. The van der Waals surface area contributed by atoms with Crippen LogP contribution in [0.25, 0.3) is 0 Å². The highest BCUT2D eigenvalue weighted by Crippen LogP contribution is 2.23. The molecule has 1 rings (SSSR count). The van der Waals surface area contributed by atoms with Crippen molar-refractivity contribution in [3.63, 3.8) is 0 Å². The summed E-state index contributed by atoms with van der Waals surface area (Å²) in [4.78, 5) is 79.4. The Hall–Kier alpha value is -3.28. The van der Waals surface area contributed by atoms with E-state index in [1.54, 1.807) is 14.1 Å². The van der Waals surface area contributed by atoms with E-state index in [9.17, 15) is 33.9 Å².